The lowest BCUT2D eigenvalue weighted by molar-refractivity contribution is -0.115. The molecule has 1 atom stereocenters. The Bertz CT molecular complexity index is 639. The van der Waals surface area contributed by atoms with Gasteiger partial charge in [-0.1, -0.05) is 11.6 Å². The third kappa shape index (κ3) is 1.84. The van der Waals surface area contributed by atoms with E-state index >= 15 is 0 Å². The van der Waals surface area contributed by atoms with Crippen LogP contribution in [0.4, 0.5) is 0 Å². The quantitative estimate of drug-likeness (QED) is 0.827. The van der Waals surface area contributed by atoms with Gasteiger partial charge in [0.25, 0.3) is 0 Å². The molecule has 2 aliphatic rings. The SMILES string of the molecule is COc1ccc2c(c1)[C@@]1(CC#N)CCC(=O)C=C1CC2. The smallest absolute Gasteiger partial charge is 0.155 e. The molecule has 0 heterocycles. The van der Waals surface area contributed by atoms with E-state index < -0.39 is 0 Å². The summed E-state index contributed by atoms with van der Waals surface area (Å²) in [5.41, 5.74) is 3.33. The highest BCUT2D eigenvalue weighted by Crippen LogP contribution is 2.49. The van der Waals surface area contributed by atoms with Crippen LogP contribution in [0.15, 0.2) is 29.8 Å². The highest BCUT2D eigenvalue weighted by Gasteiger charge is 2.42. The highest BCUT2D eigenvalue weighted by atomic mass is 16.5. The molecular weight excluding hydrogens is 250 g/mol. The predicted octanol–water partition coefficient (Wildman–Crippen LogP) is 3.08. The van der Waals surface area contributed by atoms with Crippen LogP contribution in [0.3, 0.4) is 0 Å². The molecule has 102 valence electrons. The predicted molar refractivity (Wildman–Crippen MR) is 75.5 cm³/mol. The van der Waals surface area contributed by atoms with Crippen molar-refractivity contribution in [3.63, 3.8) is 0 Å². The maximum Gasteiger partial charge on any atom is 0.155 e. The second-order valence-electron chi connectivity index (χ2n) is 5.58. The van der Waals surface area contributed by atoms with Crippen molar-refractivity contribution in [3.8, 4) is 11.8 Å². The van der Waals surface area contributed by atoms with Gasteiger partial charge in [-0.05, 0) is 48.6 Å². The van der Waals surface area contributed by atoms with E-state index in [1.165, 1.54) is 11.1 Å². The van der Waals surface area contributed by atoms with Crippen molar-refractivity contribution in [2.24, 2.45) is 0 Å². The van der Waals surface area contributed by atoms with E-state index in [2.05, 4.69) is 18.2 Å². The summed E-state index contributed by atoms with van der Waals surface area (Å²) in [6, 6.07) is 8.45. The number of nitrogens with zero attached hydrogens (tertiary/aromatic N) is 1. The molecule has 0 aromatic heterocycles. The molecule has 0 N–H and O–H groups in total. The zero-order valence-corrected chi connectivity index (χ0v) is 11.6. The monoisotopic (exact) mass is 267 g/mol. The first-order valence-electron chi connectivity index (χ1n) is 6.98. The summed E-state index contributed by atoms with van der Waals surface area (Å²) in [6.07, 6.45) is 5.31. The molecule has 2 aliphatic carbocycles. The van der Waals surface area contributed by atoms with Crippen molar-refractivity contribution in [2.45, 2.75) is 37.5 Å². The van der Waals surface area contributed by atoms with Crippen molar-refractivity contribution in [2.75, 3.05) is 7.11 Å². The molecule has 0 spiro atoms. The Morgan fingerprint density at radius 2 is 2.20 bits per heavy atom. The third-order valence-corrected chi connectivity index (χ3v) is 4.63. The van der Waals surface area contributed by atoms with Crippen LogP contribution in [0.5, 0.6) is 5.75 Å². The molecule has 0 fully saturated rings. The third-order valence-electron chi connectivity index (χ3n) is 4.63. The van der Waals surface area contributed by atoms with Crippen LogP contribution >= 0.6 is 0 Å². The van der Waals surface area contributed by atoms with Crippen molar-refractivity contribution in [1.29, 1.82) is 5.26 Å². The van der Waals surface area contributed by atoms with Gasteiger partial charge in [0, 0.05) is 18.3 Å². The Kier molecular flexibility index (Phi) is 3.10. The Morgan fingerprint density at radius 3 is 2.95 bits per heavy atom. The van der Waals surface area contributed by atoms with E-state index in [0.29, 0.717) is 12.8 Å². The number of nitriles is 1. The number of rotatable bonds is 2. The van der Waals surface area contributed by atoms with Gasteiger partial charge in [-0.2, -0.15) is 5.26 Å². The summed E-state index contributed by atoms with van der Waals surface area (Å²) in [5, 5.41) is 9.28. The van der Waals surface area contributed by atoms with E-state index in [4.69, 9.17) is 4.74 Å². The van der Waals surface area contributed by atoms with Crippen molar-refractivity contribution >= 4 is 5.78 Å². The first-order valence-corrected chi connectivity index (χ1v) is 6.98. The van der Waals surface area contributed by atoms with Crippen LogP contribution in [-0.4, -0.2) is 12.9 Å². The summed E-state index contributed by atoms with van der Waals surface area (Å²) in [6.45, 7) is 0. The largest absolute Gasteiger partial charge is 0.497 e. The van der Waals surface area contributed by atoms with Gasteiger partial charge in [0.1, 0.15) is 5.75 Å². The standard InChI is InChI=1S/C17H17NO2/c1-20-15-5-3-12-2-4-13-10-14(19)6-7-17(13,8-9-18)16(12)11-15/h3,5,10-11H,2,4,6-8H2,1H3/t17-/m1/s1. The van der Waals surface area contributed by atoms with Crippen LogP contribution in [0.25, 0.3) is 0 Å². The number of methoxy groups -OCH3 is 1. The van der Waals surface area contributed by atoms with Crippen LogP contribution in [-0.2, 0) is 16.6 Å². The Morgan fingerprint density at radius 1 is 1.35 bits per heavy atom. The minimum Gasteiger partial charge on any atom is -0.497 e. The maximum absolute atomic E-state index is 11.7. The van der Waals surface area contributed by atoms with Crippen LogP contribution in [0.1, 0.15) is 36.8 Å². The van der Waals surface area contributed by atoms with E-state index in [1.54, 1.807) is 13.2 Å². The molecule has 0 amide bonds. The Balaban J connectivity index is 2.20. The number of carbonyl (C=O) groups is 1. The number of allylic oxidation sites excluding steroid dienone is 2. The zero-order chi connectivity index (χ0) is 14.2. The zero-order valence-electron chi connectivity index (χ0n) is 11.6. The van der Waals surface area contributed by atoms with E-state index in [-0.39, 0.29) is 11.2 Å². The molecule has 3 rings (SSSR count). The van der Waals surface area contributed by atoms with E-state index in [9.17, 15) is 10.1 Å². The van der Waals surface area contributed by atoms with Gasteiger partial charge in [-0.15, -0.1) is 0 Å². The fourth-order valence-electron chi connectivity index (χ4n) is 3.57. The lowest BCUT2D eigenvalue weighted by Gasteiger charge is -2.42. The summed E-state index contributed by atoms with van der Waals surface area (Å²) in [5.74, 6) is 1.01. The molecule has 0 saturated carbocycles. The van der Waals surface area contributed by atoms with Gasteiger partial charge in [0.15, 0.2) is 5.78 Å². The fraction of sp³-hybridized carbons (Fsp3) is 0.412. The number of ketones is 1. The normalized spacial score (nSPS) is 24.2. The summed E-state index contributed by atoms with van der Waals surface area (Å²) in [4.78, 5) is 11.7. The van der Waals surface area contributed by atoms with Gasteiger partial charge in [-0.25, -0.2) is 0 Å². The molecule has 0 bridgehead atoms. The second kappa shape index (κ2) is 4.79. The molecule has 0 unspecified atom stereocenters. The van der Waals surface area contributed by atoms with E-state index in [1.807, 2.05) is 6.07 Å². The van der Waals surface area contributed by atoms with Crippen LogP contribution < -0.4 is 4.74 Å². The topological polar surface area (TPSA) is 50.1 Å². The van der Waals surface area contributed by atoms with Gasteiger partial charge in [0.2, 0.25) is 0 Å². The number of benzene rings is 1. The highest BCUT2D eigenvalue weighted by molar-refractivity contribution is 5.92. The Labute approximate surface area is 118 Å². The van der Waals surface area contributed by atoms with Crippen molar-refractivity contribution in [1.82, 2.24) is 0 Å². The first-order chi connectivity index (χ1) is 9.69. The van der Waals surface area contributed by atoms with Crippen LogP contribution in [0, 0.1) is 11.3 Å². The average Bonchev–Trinajstić information content (AvgIpc) is 2.47. The van der Waals surface area contributed by atoms with E-state index in [0.717, 1.165) is 30.6 Å². The lowest BCUT2D eigenvalue weighted by atomic mass is 9.60. The first kappa shape index (κ1) is 12.9. The average molecular weight is 267 g/mol. The molecule has 0 aliphatic heterocycles. The molecule has 1 aromatic carbocycles. The molecule has 0 radical (unpaired) electrons. The number of hydrogen-bond donors (Lipinski definition) is 0. The van der Waals surface area contributed by atoms with Crippen LogP contribution in [0.2, 0.25) is 0 Å². The molecule has 3 nitrogen and oxygen atoms in total. The van der Waals surface area contributed by atoms with Crippen molar-refractivity contribution in [3.05, 3.63) is 41.0 Å². The number of carbonyl (C=O) groups excluding carboxylic acids is 1. The van der Waals surface area contributed by atoms with Gasteiger partial charge in [0.05, 0.1) is 13.2 Å². The number of aryl methyl sites for hydroxylation is 1. The van der Waals surface area contributed by atoms with Crippen molar-refractivity contribution < 1.29 is 9.53 Å². The summed E-state index contributed by atoms with van der Waals surface area (Å²) in [7, 11) is 1.66. The number of hydrogen-bond acceptors (Lipinski definition) is 3. The lowest BCUT2D eigenvalue weighted by Crippen LogP contribution is -2.36. The van der Waals surface area contributed by atoms with Gasteiger partial charge >= 0.3 is 0 Å². The molecular formula is C17H17NO2. The number of ether oxygens (including phenoxy) is 1. The Hall–Kier alpha value is -2.08. The fourth-order valence-corrected chi connectivity index (χ4v) is 3.57. The molecule has 1 aromatic rings. The molecule has 3 heteroatoms. The minimum atomic E-state index is -0.273. The summed E-state index contributed by atoms with van der Waals surface area (Å²) < 4.78 is 5.33. The maximum atomic E-state index is 11.7. The second-order valence-corrected chi connectivity index (χ2v) is 5.58. The number of fused-ring (bicyclic) bond motifs is 3. The summed E-state index contributed by atoms with van der Waals surface area (Å²) >= 11 is 0. The minimum absolute atomic E-state index is 0.194. The molecule has 0 saturated heterocycles. The molecule has 20 heavy (non-hydrogen) atoms. The van der Waals surface area contributed by atoms with Gasteiger partial charge < -0.3 is 4.74 Å². The van der Waals surface area contributed by atoms with Gasteiger partial charge in [-0.3, -0.25) is 4.79 Å².